The first-order valence-electron chi connectivity index (χ1n) is 5.36. The van der Waals surface area contributed by atoms with E-state index < -0.39 is 5.97 Å². The molecule has 1 aromatic carbocycles. The van der Waals surface area contributed by atoms with E-state index in [0.717, 1.165) is 3.79 Å². The van der Waals surface area contributed by atoms with Crippen molar-refractivity contribution in [3.05, 3.63) is 50.6 Å². The predicted octanol–water partition coefficient (Wildman–Crippen LogP) is 3.49. The summed E-state index contributed by atoms with van der Waals surface area (Å²) in [6, 6.07) is 9.75. The van der Waals surface area contributed by atoms with Crippen molar-refractivity contribution >= 4 is 44.8 Å². The second-order valence-corrected chi connectivity index (χ2v) is 6.28. The van der Waals surface area contributed by atoms with Gasteiger partial charge in [0.2, 0.25) is 0 Å². The van der Waals surface area contributed by atoms with Gasteiger partial charge < -0.3 is 10.0 Å². The molecular weight excluding hydrogens is 330 g/mol. The van der Waals surface area contributed by atoms with Crippen molar-refractivity contribution < 1.29 is 14.7 Å². The minimum absolute atomic E-state index is 0.126. The van der Waals surface area contributed by atoms with E-state index in [0.29, 0.717) is 10.6 Å². The Morgan fingerprint density at radius 3 is 2.26 bits per heavy atom. The summed E-state index contributed by atoms with van der Waals surface area (Å²) < 4.78 is 0.894. The molecule has 0 saturated carbocycles. The Kier molecular flexibility index (Phi) is 4.01. The van der Waals surface area contributed by atoms with Gasteiger partial charge in [-0.15, -0.1) is 11.3 Å². The minimum atomic E-state index is -0.984. The molecule has 0 saturated heterocycles. The quantitative estimate of drug-likeness (QED) is 0.931. The van der Waals surface area contributed by atoms with E-state index in [4.69, 9.17) is 5.11 Å². The summed E-state index contributed by atoms with van der Waals surface area (Å²) in [7, 11) is 1.66. The number of thiophene rings is 1. The summed E-state index contributed by atoms with van der Waals surface area (Å²) in [6.07, 6.45) is 0. The van der Waals surface area contributed by atoms with Gasteiger partial charge in [-0.25, -0.2) is 4.79 Å². The third kappa shape index (κ3) is 3.02. The van der Waals surface area contributed by atoms with Crippen LogP contribution in [-0.4, -0.2) is 24.0 Å². The van der Waals surface area contributed by atoms with Crippen molar-refractivity contribution in [1.29, 1.82) is 0 Å². The van der Waals surface area contributed by atoms with E-state index in [2.05, 4.69) is 15.9 Å². The van der Waals surface area contributed by atoms with E-state index in [-0.39, 0.29) is 11.5 Å². The van der Waals surface area contributed by atoms with Crippen molar-refractivity contribution in [3.8, 4) is 0 Å². The van der Waals surface area contributed by atoms with Gasteiger partial charge in [0.1, 0.15) is 0 Å². The molecule has 0 unspecified atom stereocenters. The molecule has 98 valence electrons. The molecule has 1 N–H and O–H groups in total. The predicted molar refractivity (Wildman–Crippen MR) is 78.2 cm³/mol. The van der Waals surface area contributed by atoms with Crippen LogP contribution in [-0.2, 0) is 0 Å². The lowest BCUT2D eigenvalue weighted by atomic mass is 10.2. The lowest BCUT2D eigenvalue weighted by Gasteiger charge is -2.16. The molecule has 0 radical (unpaired) electrons. The second kappa shape index (κ2) is 5.54. The number of carboxylic acids is 1. The first-order valence-corrected chi connectivity index (χ1v) is 6.97. The zero-order valence-electron chi connectivity index (χ0n) is 9.96. The van der Waals surface area contributed by atoms with Crippen LogP contribution in [0.5, 0.6) is 0 Å². The van der Waals surface area contributed by atoms with E-state index >= 15 is 0 Å². The topological polar surface area (TPSA) is 57.6 Å². The maximum Gasteiger partial charge on any atom is 0.335 e. The van der Waals surface area contributed by atoms with Crippen molar-refractivity contribution in [2.75, 3.05) is 11.9 Å². The van der Waals surface area contributed by atoms with E-state index in [1.54, 1.807) is 25.2 Å². The van der Waals surface area contributed by atoms with Crippen molar-refractivity contribution in [2.45, 2.75) is 0 Å². The maximum atomic E-state index is 12.2. The highest BCUT2D eigenvalue weighted by Gasteiger charge is 2.15. The van der Waals surface area contributed by atoms with Crippen molar-refractivity contribution in [3.63, 3.8) is 0 Å². The fourth-order valence-electron chi connectivity index (χ4n) is 1.54. The van der Waals surface area contributed by atoms with Gasteiger partial charge in [0, 0.05) is 12.7 Å². The molecule has 2 aromatic rings. The van der Waals surface area contributed by atoms with Crippen LogP contribution in [0.3, 0.4) is 0 Å². The van der Waals surface area contributed by atoms with Crippen molar-refractivity contribution in [1.82, 2.24) is 0 Å². The average molecular weight is 340 g/mol. The molecule has 0 fully saturated rings. The fourth-order valence-corrected chi connectivity index (χ4v) is 2.90. The number of anilines is 1. The molecule has 0 aliphatic rings. The molecule has 0 bridgehead atoms. The van der Waals surface area contributed by atoms with Crippen LogP contribution in [0.25, 0.3) is 0 Å². The molecule has 1 aromatic heterocycles. The lowest BCUT2D eigenvalue weighted by Crippen LogP contribution is -2.25. The van der Waals surface area contributed by atoms with Gasteiger partial charge in [0.25, 0.3) is 5.91 Å². The van der Waals surface area contributed by atoms with Gasteiger partial charge in [-0.3, -0.25) is 4.79 Å². The maximum absolute atomic E-state index is 12.2. The van der Waals surface area contributed by atoms with Gasteiger partial charge in [-0.1, -0.05) is 0 Å². The largest absolute Gasteiger partial charge is 0.478 e. The number of carbonyl (C=O) groups excluding carboxylic acids is 1. The van der Waals surface area contributed by atoms with Crippen LogP contribution >= 0.6 is 27.3 Å². The van der Waals surface area contributed by atoms with Crippen LogP contribution < -0.4 is 4.90 Å². The zero-order valence-corrected chi connectivity index (χ0v) is 12.4. The van der Waals surface area contributed by atoms with Crippen LogP contribution in [0.15, 0.2) is 40.2 Å². The molecular formula is C13H10BrNO3S. The molecule has 1 amide bonds. The van der Waals surface area contributed by atoms with Crippen LogP contribution in [0, 0.1) is 0 Å². The molecule has 0 spiro atoms. The minimum Gasteiger partial charge on any atom is -0.478 e. The summed E-state index contributed by atoms with van der Waals surface area (Å²) in [4.78, 5) is 25.0. The van der Waals surface area contributed by atoms with Crippen LogP contribution in [0.2, 0.25) is 0 Å². The van der Waals surface area contributed by atoms with E-state index in [1.165, 1.54) is 28.4 Å². The number of halogens is 1. The highest BCUT2D eigenvalue weighted by Crippen LogP contribution is 2.25. The molecule has 0 atom stereocenters. The van der Waals surface area contributed by atoms with E-state index in [1.807, 2.05) is 6.07 Å². The summed E-state index contributed by atoms with van der Waals surface area (Å²) in [5.74, 6) is -1.11. The summed E-state index contributed by atoms with van der Waals surface area (Å²) in [6.45, 7) is 0. The molecule has 2 rings (SSSR count). The second-order valence-electron chi connectivity index (χ2n) is 3.82. The summed E-state index contributed by atoms with van der Waals surface area (Å²) in [5.41, 5.74) is 0.850. The Morgan fingerprint density at radius 1 is 1.16 bits per heavy atom. The highest BCUT2D eigenvalue weighted by molar-refractivity contribution is 9.11. The summed E-state index contributed by atoms with van der Waals surface area (Å²) >= 11 is 4.67. The number of hydrogen-bond acceptors (Lipinski definition) is 3. The number of benzene rings is 1. The van der Waals surface area contributed by atoms with Crippen LogP contribution in [0.4, 0.5) is 5.69 Å². The lowest BCUT2D eigenvalue weighted by molar-refractivity contribution is 0.0696. The molecule has 0 aliphatic heterocycles. The van der Waals surface area contributed by atoms with Crippen molar-refractivity contribution in [2.24, 2.45) is 0 Å². The number of amides is 1. The first kappa shape index (κ1) is 13.8. The zero-order chi connectivity index (χ0) is 14.0. The number of carbonyl (C=O) groups is 2. The molecule has 1 heterocycles. The third-order valence-corrected chi connectivity index (χ3v) is 4.20. The Hall–Kier alpha value is -1.66. The Bertz CT molecular complexity index is 621. The standard InChI is InChI=1S/C13H10BrNO3S/c1-15(12(16)10-6-7-11(14)19-10)9-4-2-8(3-5-9)13(17)18/h2-7H,1H3,(H,17,18). The molecule has 6 heteroatoms. The normalized spacial score (nSPS) is 10.2. The first-order chi connectivity index (χ1) is 8.99. The van der Waals surface area contributed by atoms with E-state index in [9.17, 15) is 9.59 Å². The molecule has 0 aliphatic carbocycles. The number of hydrogen-bond donors (Lipinski definition) is 1. The Labute approximate surface area is 122 Å². The van der Waals surface area contributed by atoms with Gasteiger partial charge in [-0.2, -0.15) is 0 Å². The van der Waals surface area contributed by atoms with Gasteiger partial charge in [0.15, 0.2) is 0 Å². The molecule has 19 heavy (non-hydrogen) atoms. The smallest absolute Gasteiger partial charge is 0.335 e. The summed E-state index contributed by atoms with van der Waals surface area (Å²) in [5, 5.41) is 8.82. The highest BCUT2D eigenvalue weighted by atomic mass is 79.9. The number of rotatable bonds is 3. The number of nitrogens with zero attached hydrogens (tertiary/aromatic N) is 1. The monoisotopic (exact) mass is 339 g/mol. The van der Waals surface area contributed by atoms with Gasteiger partial charge in [-0.05, 0) is 52.3 Å². The Morgan fingerprint density at radius 2 is 1.79 bits per heavy atom. The third-order valence-electron chi connectivity index (χ3n) is 2.59. The fraction of sp³-hybridized carbons (Fsp3) is 0.0769. The number of carboxylic acid groups (broad SMARTS) is 1. The average Bonchev–Trinajstić information content (AvgIpc) is 2.84. The van der Waals surface area contributed by atoms with Gasteiger partial charge >= 0.3 is 5.97 Å². The Balaban J connectivity index is 2.21. The number of aromatic carboxylic acids is 1. The van der Waals surface area contributed by atoms with Gasteiger partial charge in [0.05, 0.1) is 14.2 Å². The molecule has 4 nitrogen and oxygen atoms in total. The SMILES string of the molecule is CN(C(=O)c1ccc(Br)s1)c1ccc(C(=O)O)cc1. The van der Waals surface area contributed by atoms with Crippen LogP contribution in [0.1, 0.15) is 20.0 Å².